The lowest BCUT2D eigenvalue weighted by Gasteiger charge is -1.81. The standard InChI is InChI=1S/C7H6N2.C6H6S/c1-2-4-7-6(3-1)8-5-9-7;1-3-5-7-6-4-2/h1-5H,(H,8,9);1-2H,5-6H2. The average molecular weight is 228 g/mol. The van der Waals surface area contributed by atoms with Gasteiger partial charge in [-0.2, -0.15) is 0 Å². The fourth-order valence-corrected chi connectivity index (χ4v) is 1.39. The van der Waals surface area contributed by atoms with Crippen molar-refractivity contribution < 1.29 is 0 Å². The van der Waals surface area contributed by atoms with Crippen LogP contribution in [-0.2, 0) is 0 Å². The monoisotopic (exact) mass is 228 g/mol. The van der Waals surface area contributed by atoms with Gasteiger partial charge in [0.25, 0.3) is 0 Å². The average Bonchev–Trinajstić information content (AvgIpc) is 2.78. The van der Waals surface area contributed by atoms with Crippen molar-refractivity contribution >= 4 is 22.8 Å². The Labute approximate surface area is 99.9 Å². The Morgan fingerprint density at radius 2 is 1.88 bits per heavy atom. The zero-order chi connectivity index (χ0) is 11.6. The number of rotatable bonds is 2. The molecule has 80 valence electrons. The third-order valence-corrected chi connectivity index (χ3v) is 2.44. The van der Waals surface area contributed by atoms with E-state index < -0.39 is 0 Å². The summed E-state index contributed by atoms with van der Waals surface area (Å²) in [5, 5.41) is 0. The third-order valence-electron chi connectivity index (χ3n) is 1.70. The van der Waals surface area contributed by atoms with Crippen LogP contribution in [0.2, 0.25) is 0 Å². The summed E-state index contributed by atoms with van der Waals surface area (Å²) in [4.78, 5) is 7.07. The number of imidazole rings is 1. The number of para-hydroxylation sites is 2. The molecule has 2 aromatic rings. The number of thioether (sulfide) groups is 1. The molecule has 0 aliphatic rings. The summed E-state index contributed by atoms with van der Waals surface area (Å²) in [6, 6.07) is 7.94. The highest BCUT2D eigenvalue weighted by atomic mass is 32.2. The van der Waals surface area contributed by atoms with E-state index in [-0.39, 0.29) is 0 Å². The van der Waals surface area contributed by atoms with Gasteiger partial charge < -0.3 is 4.98 Å². The van der Waals surface area contributed by atoms with Crippen LogP contribution in [0.5, 0.6) is 0 Å². The summed E-state index contributed by atoms with van der Waals surface area (Å²) in [6.07, 6.45) is 11.6. The first kappa shape index (κ1) is 12.2. The zero-order valence-corrected chi connectivity index (χ0v) is 9.63. The second kappa shape index (κ2) is 7.45. The van der Waals surface area contributed by atoms with Gasteiger partial charge in [0.05, 0.1) is 28.9 Å². The van der Waals surface area contributed by atoms with Crippen molar-refractivity contribution in [2.75, 3.05) is 11.5 Å². The summed E-state index contributed by atoms with van der Waals surface area (Å²) in [6.45, 7) is 0. The maximum atomic E-state index is 4.93. The van der Waals surface area contributed by atoms with Gasteiger partial charge in [0.2, 0.25) is 0 Å². The largest absolute Gasteiger partial charge is 0.345 e. The van der Waals surface area contributed by atoms with E-state index in [0.717, 1.165) is 22.5 Å². The van der Waals surface area contributed by atoms with Crippen LogP contribution in [0.25, 0.3) is 11.0 Å². The van der Waals surface area contributed by atoms with Crippen LogP contribution in [0.1, 0.15) is 0 Å². The first-order valence-electron chi connectivity index (χ1n) is 4.71. The van der Waals surface area contributed by atoms with Gasteiger partial charge in [-0.1, -0.05) is 24.0 Å². The number of hydrogen-bond acceptors (Lipinski definition) is 2. The number of aromatic amines is 1. The molecule has 3 heteroatoms. The van der Waals surface area contributed by atoms with Crippen LogP contribution in [0.15, 0.2) is 30.6 Å². The van der Waals surface area contributed by atoms with Crippen molar-refractivity contribution in [3.05, 3.63) is 30.6 Å². The molecule has 0 saturated heterocycles. The quantitative estimate of drug-likeness (QED) is 0.632. The first-order chi connectivity index (χ1) is 7.88. The molecule has 0 unspecified atom stereocenters. The summed E-state index contributed by atoms with van der Waals surface area (Å²) in [5.41, 5.74) is 2.12. The van der Waals surface area contributed by atoms with Crippen LogP contribution in [-0.4, -0.2) is 21.5 Å². The number of fused-ring (bicyclic) bond motifs is 1. The molecule has 0 fully saturated rings. The van der Waals surface area contributed by atoms with Crippen molar-refractivity contribution in [3.63, 3.8) is 0 Å². The molecule has 1 N–H and O–H groups in total. The van der Waals surface area contributed by atoms with Gasteiger partial charge in [-0.15, -0.1) is 24.6 Å². The van der Waals surface area contributed by atoms with E-state index in [1.54, 1.807) is 18.1 Å². The van der Waals surface area contributed by atoms with E-state index >= 15 is 0 Å². The molecule has 16 heavy (non-hydrogen) atoms. The smallest absolute Gasteiger partial charge is 0.0931 e. The minimum absolute atomic E-state index is 0.726. The van der Waals surface area contributed by atoms with Gasteiger partial charge in [-0.05, 0) is 12.1 Å². The lowest BCUT2D eigenvalue weighted by atomic mass is 10.3. The Kier molecular flexibility index (Phi) is 5.70. The second-order valence-corrected chi connectivity index (χ2v) is 3.81. The molecule has 0 radical (unpaired) electrons. The van der Waals surface area contributed by atoms with Crippen molar-refractivity contribution in [2.24, 2.45) is 0 Å². The Bertz CT molecular complexity index is 458. The normalized spacial score (nSPS) is 8.62. The maximum absolute atomic E-state index is 4.93. The SMILES string of the molecule is C#CCSCC#C.c1ccc2[nH]cnc2c1. The van der Waals surface area contributed by atoms with Crippen LogP contribution >= 0.6 is 11.8 Å². The predicted octanol–water partition coefficient (Wildman–Crippen LogP) is 2.55. The van der Waals surface area contributed by atoms with Crippen LogP contribution in [0, 0.1) is 24.7 Å². The van der Waals surface area contributed by atoms with E-state index in [0.29, 0.717) is 0 Å². The third kappa shape index (κ3) is 4.13. The van der Waals surface area contributed by atoms with Crippen molar-refractivity contribution in [1.82, 2.24) is 9.97 Å². The molecule has 0 spiro atoms. The molecule has 1 aromatic carbocycles. The highest BCUT2D eigenvalue weighted by molar-refractivity contribution is 7.99. The van der Waals surface area contributed by atoms with Crippen LogP contribution < -0.4 is 0 Å². The number of H-pyrrole nitrogens is 1. The number of nitrogens with zero attached hydrogens (tertiary/aromatic N) is 1. The zero-order valence-electron chi connectivity index (χ0n) is 8.81. The lowest BCUT2D eigenvalue weighted by Crippen LogP contribution is -1.71. The molecule has 0 bridgehead atoms. The van der Waals surface area contributed by atoms with Crippen molar-refractivity contribution in [2.45, 2.75) is 0 Å². The van der Waals surface area contributed by atoms with Crippen molar-refractivity contribution in [3.8, 4) is 24.7 Å². The van der Waals surface area contributed by atoms with E-state index in [1.807, 2.05) is 24.3 Å². The molecule has 0 aliphatic carbocycles. The fourth-order valence-electron chi connectivity index (χ4n) is 1.05. The number of nitrogens with one attached hydrogen (secondary N) is 1. The van der Waals surface area contributed by atoms with E-state index in [4.69, 9.17) is 12.8 Å². The topological polar surface area (TPSA) is 28.7 Å². The summed E-state index contributed by atoms with van der Waals surface area (Å²) < 4.78 is 0. The minimum atomic E-state index is 0.726. The Balaban J connectivity index is 0.000000168. The molecule has 2 nitrogen and oxygen atoms in total. The summed E-state index contributed by atoms with van der Waals surface area (Å²) in [5.74, 6) is 6.39. The predicted molar refractivity (Wildman–Crippen MR) is 71.1 cm³/mol. The molecule has 0 saturated carbocycles. The molecular formula is C13H12N2S. The Morgan fingerprint density at radius 3 is 2.50 bits per heavy atom. The molecule has 0 atom stereocenters. The molecule has 2 rings (SSSR count). The lowest BCUT2D eigenvalue weighted by molar-refractivity contribution is 1.34. The van der Waals surface area contributed by atoms with Gasteiger partial charge in [-0.25, -0.2) is 4.98 Å². The van der Waals surface area contributed by atoms with Gasteiger partial charge in [0.1, 0.15) is 0 Å². The molecule has 0 aliphatic heterocycles. The van der Waals surface area contributed by atoms with Crippen LogP contribution in [0.4, 0.5) is 0 Å². The maximum Gasteiger partial charge on any atom is 0.0931 e. The Hall–Kier alpha value is -1.84. The van der Waals surface area contributed by atoms with E-state index in [1.165, 1.54) is 0 Å². The summed E-state index contributed by atoms with van der Waals surface area (Å²) in [7, 11) is 0. The number of benzene rings is 1. The second-order valence-electron chi connectivity index (χ2n) is 2.82. The molecule has 1 aromatic heterocycles. The fraction of sp³-hybridized carbons (Fsp3) is 0.154. The summed E-state index contributed by atoms with van der Waals surface area (Å²) >= 11 is 1.58. The first-order valence-corrected chi connectivity index (χ1v) is 5.86. The van der Waals surface area contributed by atoms with Gasteiger partial charge in [0, 0.05) is 0 Å². The highest BCUT2D eigenvalue weighted by Crippen LogP contribution is 2.05. The van der Waals surface area contributed by atoms with Crippen molar-refractivity contribution in [1.29, 1.82) is 0 Å². The molecule has 1 heterocycles. The number of terminal acetylenes is 2. The van der Waals surface area contributed by atoms with E-state index in [2.05, 4.69) is 21.8 Å². The minimum Gasteiger partial charge on any atom is -0.345 e. The van der Waals surface area contributed by atoms with Gasteiger partial charge >= 0.3 is 0 Å². The van der Waals surface area contributed by atoms with Gasteiger partial charge in [0.15, 0.2) is 0 Å². The van der Waals surface area contributed by atoms with Gasteiger partial charge in [-0.3, -0.25) is 0 Å². The molecular weight excluding hydrogens is 216 g/mol. The number of hydrogen-bond donors (Lipinski definition) is 1. The highest BCUT2D eigenvalue weighted by Gasteiger charge is 1.88. The molecule has 0 amide bonds. The van der Waals surface area contributed by atoms with E-state index in [9.17, 15) is 0 Å². The van der Waals surface area contributed by atoms with Crippen LogP contribution in [0.3, 0.4) is 0 Å². The number of aromatic nitrogens is 2. The Morgan fingerprint density at radius 1 is 1.19 bits per heavy atom.